The van der Waals surface area contributed by atoms with E-state index in [-0.39, 0.29) is 11.9 Å². The summed E-state index contributed by atoms with van der Waals surface area (Å²) in [7, 11) is 0. The molecule has 1 N–H and O–H groups in total. The number of carbonyl (C=O) groups is 1. The summed E-state index contributed by atoms with van der Waals surface area (Å²) < 4.78 is 0. The molecule has 2 heterocycles. The van der Waals surface area contributed by atoms with Gasteiger partial charge in [-0.1, -0.05) is 64.1 Å². The van der Waals surface area contributed by atoms with Gasteiger partial charge in [-0.05, 0) is 48.9 Å². The van der Waals surface area contributed by atoms with E-state index in [9.17, 15) is 4.79 Å². The second kappa shape index (κ2) is 9.53. The van der Waals surface area contributed by atoms with Crippen molar-refractivity contribution in [3.63, 3.8) is 0 Å². The predicted octanol–water partition coefficient (Wildman–Crippen LogP) is 4.80. The average molecular weight is 394 g/mol. The van der Waals surface area contributed by atoms with Crippen molar-refractivity contribution in [1.82, 2.24) is 15.2 Å². The van der Waals surface area contributed by atoms with E-state index in [1.807, 2.05) is 45.2 Å². The second-order valence-corrected chi connectivity index (χ2v) is 9.43. The van der Waals surface area contributed by atoms with E-state index in [1.54, 1.807) is 0 Å². The zero-order valence-electron chi connectivity index (χ0n) is 18.3. The number of hydrogen-bond donors (Lipinski definition) is 1. The monoisotopic (exact) mass is 393 g/mol. The first kappa shape index (κ1) is 21.5. The van der Waals surface area contributed by atoms with Gasteiger partial charge in [0.1, 0.15) is 0 Å². The number of aromatic nitrogens is 1. The Hall–Kier alpha value is -2.20. The molecule has 0 unspecified atom stereocenters. The number of nitrogens with zero attached hydrogens (tertiary/aromatic N) is 2. The Bertz CT molecular complexity index is 770. The lowest BCUT2D eigenvalue weighted by atomic mass is 9.86. The molecule has 1 aliphatic heterocycles. The van der Waals surface area contributed by atoms with Crippen molar-refractivity contribution in [2.75, 3.05) is 19.6 Å². The maximum absolute atomic E-state index is 12.8. The normalized spacial score (nSPS) is 20.1. The third-order valence-corrected chi connectivity index (χ3v) is 5.89. The summed E-state index contributed by atoms with van der Waals surface area (Å²) in [6.07, 6.45) is 4.09. The number of piperidine rings is 1. The van der Waals surface area contributed by atoms with Gasteiger partial charge in [-0.3, -0.25) is 9.78 Å². The fourth-order valence-corrected chi connectivity index (χ4v) is 4.15. The van der Waals surface area contributed by atoms with Crippen LogP contribution in [0.4, 0.5) is 0 Å². The Kier molecular flexibility index (Phi) is 7.07. The summed E-state index contributed by atoms with van der Waals surface area (Å²) in [6.45, 7) is 11.4. The molecule has 0 spiro atoms. The number of likely N-dealkylation sites (tertiary alicyclic amines) is 1. The van der Waals surface area contributed by atoms with E-state index in [0.29, 0.717) is 11.8 Å². The SMILES string of the molecule is C[C@H](CN1CCC[C@H]([C@@H](NC(=O)C(C)(C)C)c2ccccn2)C1)c1ccccc1. The van der Waals surface area contributed by atoms with Gasteiger partial charge in [0.2, 0.25) is 5.91 Å². The molecule has 2 aromatic rings. The average Bonchev–Trinajstić information content (AvgIpc) is 2.72. The van der Waals surface area contributed by atoms with Gasteiger partial charge in [0.05, 0.1) is 11.7 Å². The van der Waals surface area contributed by atoms with E-state index in [4.69, 9.17) is 0 Å². The first-order valence-corrected chi connectivity index (χ1v) is 10.8. The molecule has 0 aliphatic carbocycles. The molecule has 1 aromatic carbocycles. The lowest BCUT2D eigenvalue weighted by Gasteiger charge is -2.39. The molecule has 4 nitrogen and oxygen atoms in total. The van der Waals surface area contributed by atoms with Crippen LogP contribution in [0.2, 0.25) is 0 Å². The quantitative estimate of drug-likeness (QED) is 0.767. The molecule has 156 valence electrons. The minimum absolute atomic E-state index is 0.0437. The van der Waals surface area contributed by atoms with Crippen LogP contribution in [0.15, 0.2) is 54.7 Å². The predicted molar refractivity (Wildman–Crippen MR) is 119 cm³/mol. The molecule has 0 bridgehead atoms. The number of hydrogen-bond acceptors (Lipinski definition) is 3. The number of carbonyl (C=O) groups excluding carboxylic acids is 1. The number of amides is 1. The van der Waals surface area contributed by atoms with E-state index in [2.05, 4.69) is 52.5 Å². The highest BCUT2D eigenvalue weighted by Gasteiger charge is 2.33. The van der Waals surface area contributed by atoms with Gasteiger partial charge in [0, 0.05) is 24.7 Å². The molecular weight excluding hydrogens is 358 g/mol. The molecule has 1 amide bonds. The van der Waals surface area contributed by atoms with Crippen LogP contribution in [0.3, 0.4) is 0 Å². The van der Waals surface area contributed by atoms with Crippen LogP contribution in [-0.4, -0.2) is 35.4 Å². The third-order valence-electron chi connectivity index (χ3n) is 5.89. The lowest BCUT2D eigenvalue weighted by Crippen LogP contribution is -2.46. The molecule has 4 heteroatoms. The molecule has 0 radical (unpaired) electrons. The van der Waals surface area contributed by atoms with Gasteiger partial charge >= 0.3 is 0 Å². The Morgan fingerprint density at radius 1 is 1.17 bits per heavy atom. The van der Waals surface area contributed by atoms with Crippen molar-refractivity contribution >= 4 is 5.91 Å². The first-order chi connectivity index (χ1) is 13.8. The van der Waals surface area contributed by atoms with Crippen LogP contribution in [0, 0.1) is 11.3 Å². The van der Waals surface area contributed by atoms with Crippen LogP contribution in [0.1, 0.15) is 63.8 Å². The standard InChI is InChI=1S/C25H35N3O/c1-19(20-11-6-5-7-12-20)17-28-16-10-13-21(18-28)23(22-14-8-9-15-26-22)27-24(29)25(2,3)4/h5-9,11-12,14-15,19,21,23H,10,13,16-18H2,1-4H3,(H,27,29)/t19-,21+,23-/m1/s1. The summed E-state index contributed by atoms with van der Waals surface area (Å²) in [5.41, 5.74) is 1.94. The largest absolute Gasteiger partial charge is 0.347 e. The van der Waals surface area contributed by atoms with Crippen molar-refractivity contribution in [3.05, 3.63) is 66.0 Å². The Morgan fingerprint density at radius 2 is 1.90 bits per heavy atom. The van der Waals surface area contributed by atoms with Crippen molar-refractivity contribution in [1.29, 1.82) is 0 Å². The van der Waals surface area contributed by atoms with E-state index >= 15 is 0 Å². The van der Waals surface area contributed by atoms with Crippen molar-refractivity contribution < 1.29 is 4.79 Å². The maximum atomic E-state index is 12.8. The number of benzene rings is 1. The van der Waals surface area contributed by atoms with Crippen LogP contribution in [0.25, 0.3) is 0 Å². The highest BCUT2D eigenvalue weighted by molar-refractivity contribution is 5.81. The highest BCUT2D eigenvalue weighted by Crippen LogP contribution is 2.31. The fourth-order valence-electron chi connectivity index (χ4n) is 4.15. The molecule has 1 aliphatic rings. The van der Waals surface area contributed by atoms with Crippen molar-refractivity contribution in [2.45, 2.75) is 52.5 Å². The Labute approximate surface area is 175 Å². The van der Waals surface area contributed by atoms with Gasteiger partial charge in [0.15, 0.2) is 0 Å². The Morgan fingerprint density at radius 3 is 2.55 bits per heavy atom. The minimum Gasteiger partial charge on any atom is -0.347 e. The van der Waals surface area contributed by atoms with E-state index in [1.165, 1.54) is 5.56 Å². The van der Waals surface area contributed by atoms with Gasteiger partial charge in [-0.25, -0.2) is 0 Å². The summed E-state index contributed by atoms with van der Waals surface area (Å²) in [5, 5.41) is 3.32. The fraction of sp³-hybridized carbons (Fsp3) is 0.520. The van der Waals surface area contributed by atoms with Crippen LogP contribution in [0.5, 0.6) is 0 Å². The van der Waals surface area contributed by atoms with Crippen LogP contribution in [-0.2, 0) is 4.79 Å². The molecule has 29 heavy (non-hydrogen) atoms. The van der Waals surface area contributed by atoms with Crippen molar-refractivity contribution in [3.8, 4) is 0 Å². The number of rotatable bonds is 6. The van der Waals surface area contributed by atoms with Crippen molar-refractivity contribution in [2.24, 2.45) is 11.3 Å². The molecular formula is C25H35N3O. The van der Waals surface area contributed by atoms with Gasteiger partial charge < -0.3 is 10.2 Å². The zero-order chi connectivity index (χ0) is 20.9. The highest BCUT2D eigenvalue weighted by atomic mass is 16.2. The first-order valence-electron chi connectivity index (χ1n) is 10.8. The zero-order valence-corrected chi connectivity index (χ0v) is 18.3. The summed E-state index contributed by atoms with van der Waals surface area (Å²) in [4.78, 5) is 19.9. The van der Waals surface area contributed by atoms with Gasteiger partial charge in [0.25, 0.3) is 0 Å². The maximum Gasteiger partial charge on any atom is 0.225 e. The van der Waals surface area contributed by atoms with Crippen LogP contribution >= 0.6 is 0 Å². The Balaban J connectivity index is 1.73. The molecule has 0 saturated carbocycles. The molecule has 1 aromatic heterocycles. The van der Waals surface area contributed by atoms with Gasteiger partial charge in [-0.2, -0.15) is 0 Å². The number of pyridine rings is 1. The molecule has 3 atom stereocenters. The second-order valence-electron chi connectivity index (χ2n) is 9.43. The van der Waals surface area contributed by atoms with Gasteiger partial charge in [-0.15, -0.1) is 0 Å². The summed E-state index contributed by atoms with van der Waals surface area (Å²) in [6, 6.07) is 16.7. The third kappa shape index (κ3) is 5.89. The molecule has 3 rings (SSSR count). The summed E-state index contributed by atoms with van der Waals surface area (Å²) in [5.74, 6) is 0.947. The van der Waals surface area contributed by atoms with E-state index < -0.39 is 5.41 Å². The topological polar surface area (TPSA) is 45.2 Å². The molecule has 1 fully saturated rings. The molecule has 1 saturated heterocycles. The lowest BCUT2D eigenvalue weighted by molar-refractivity contribution is -0.130. The number of nitrogens with one attached hydrogen (secondary N) is 1. The van der Waals surface area contributed by atoms with E-state index in [0.717, 1.165) is 38.2 Å². The minimum atomic E-state index is -0.413. The van der Waals surface area contributed by atoms with Crippen LogP contribution < -0.4 is 5.32 Å². The smallest absolute Gasteiger partial charge is 0.225 e. The summed E-state index contributed by atoms with van der Waals surface area (Å²) >= 11 is 0.